The molecule has 0 atom stereocenters. The summed E-state index contributed by atoms with van der Waals surface area (Å²) < 4.78 is 6.64. The molecule has 0 unspecified atom stereocenters. The Hall–Kier alpha value is -1.96. The molecule has 0 aliphatic rings. The van der Waals surface area contributed by atoms with E-state index in [0.717, 1.165) is 24.3 Å². The van der Waals surface area contributed by atoms with E-state index in [1.807, 2.05) is 12.1 Å². The highest BCUT2D eigenvalue weighted by atomic mass is 35.5. The summed E-state index contributed by atoms with van der Waals surface area (Å²) in [6.45, 7) is 4.62. The number of benzene rings is 1. The number of carbonyl (C=O) groups is 1. The van der Waals surface area contributed by atoms with Gasteiger partial charge in [-0.2, -0.15) is 0 Å². The fourth-order valence-corrected chi connectivity index (χ4v) is 2.59. The van der Waals surface area contributed by atoms with Gasteiger partial charge in [-0.3, -0.25) is 4.79 Å². The average molecular weight is 366 g/mol. The van der Waals surface area contributed by atoms with Crippen LogP contribution in [0.1, 0.15) is 29.5 Å². The molecule has 25 heavy (non-hydrogen) atoms. The minimum atomic E-state index is -0.217. The van der Waals surface area contributed by atoms with Crippen LogP contribution in [0.4, 0.5) is 0 Å². The van der Waals surface area contributed by atoms with Gasteiger partial charge in [0.2, 0.25) is 0 Å². The fourth-order valence-electron chi connectivity index (χ4n) is 2.40. The molecular weight excluding hydrogens is 342 g/mol. The molecule has 8 heteroatoms. The molecule has 1 aromatic carbocycles. The van der Waals surface area contributed by atoms with Gasteiger partial charge in [-0.1, -0.05) is 36.2 Å². The number of hydrogen-bond acceptors (Lipinski definition) is 5. The van der Waals surface area contributed by atoms with Crippen LogP contribution in [0.15, 0.2) is 24.3 Å². The van der Waals surface area contributed by atoms with E-state index in [9.17, 15) is 4.79 Å². The first kappa shape index (κ1) is 19.4. The number of nitrogens with one attached hydrogen (secondary N) is 2. The highest BCUT2D eigenvalue weighted by Crippen LogP contribution is 2.18. The molecule has 7 nitrogen and oxygen atoms in total. The average Bonchev–Trinajstić information content (AvgIpc) is 3.02. The Morgan fingerprint density at radius 2 is 2.16 bits per heavy atom. The molecule has 2 rings (SSSR count). The second kappa shape index (κ2) is 10.1. The lowest BCUT2D eigenvalue weighted by Crippen LogP contribution is -2.33. The zero-order valence-electron chi connectivity index (χ0n) is 14.6. The predicted octanol–water partition coefficient (Wildman–Crippen LogP) is 1.84. The number of amides is 1. The maximum absolute atomic E-state index is 12.4. The van der Waals surface area contributed by atoms with E-state index in [4.69, 9.17) is 16.3 Å². The van der Waals surface area contributed by atoms with Crippen molar-refractivity contribution in [3.05, 3.63) is 40.7 Å². The van der Waals surface area contributed by atoms with Crippen LogP contribution in [-0.2, 0) is 11.2 Å². The molecule has 0 radical (unpaired) electrons. The van der Waals surface area contributed by atoms with Crippen LogP contribution in [0.5, 0.6) is 0 Å². The van der Waals surface area contributed by atoms with Gasteiger partial charge in [0.25, 0.3) is 5.91 Å². The van der Waals surface area contributed by atoms with E-state index in [1.165, 1.54) is 0 Å². The van der Waals surface area contributed by atoms with E-state index in [2.05, 4.69) is 27.9 Å². The third-order valence-corrected chi connectivity index (χ3v) is 3.82. The van der Waals surface area contributed by atoms with E-state index in [0.29, 0.717) is 36.8 Å². The zero-order valence-corrected chi connectivity index (χ0v) is 15.3. The number of rotatable bonds is 10. The van der Waals surface area contributed by atoms with Crippen molar-refractivity contribution in [2.24, 2.45) is 0 Å². The van der Waals surface area contributed by atoms with Crippen LogP contribution in [0.3, 0.4) is 0 Å². The SMILES string of the molecule is CCCc1c(C(=O)NCCNCCOC)nnn1-c1cccc(Cl)c1. The highest BCUT2D eigenvalue weighted by Gasteiger charge is 2.19. The number of halogens is 1. The lowest BCUT2D eigenvalue weighted by molar-refractivity contribution is 0.0947. The topological polar surface area (TPSA) is 81.1 Å². The maximum Gasteiger partial charge on any atom is 0.273 e. The molecule has 2 N–H and O–H groups in total. The molecule has 0 saturated carbocycles. The number of methoxy groups -OCH3 is 1. The van der Waals surface area contributed by atoms with Crippen LogP contribution < -0.4 is 10.6 Å². The summed E-state index contributed by atoms with van der Waals surface area (Å²) in [4.78, 5) is 12.4. The Morgan fingerprint density at radius 1 is 1.32 bits per heavy atom. The fraction of sp³-hybridized carbons (Fsp3) is 0.471. The van der Waals surface area contributed by atoms with Gasteiger partial charge in [0, 0.05) is 31.8 Å². The van der Waals surface area contributed by atoms with E-state index in [-0.39, 0.29) is 5.91 Å². The van der Waals surface area contributed by atoms with Gasteiger partial charge in [0.15, 0.2) is 5.69 Å². The van der Waals surface area contributed by atoms with Crippen LogP contribution in [0.25, 0.3) is 5.69 Å². The summed E-state index contributed by atoms with van der Waals surface area (Å²) in [6, 6.07) is 7.34. The van der Waals surface area contributed by atoms with Crippen LogP contribution in [0, 0.1) is 0 Å². The first-order chi connectivity index (χ1) is 12.2. The van der Waals surface area contributed by atoms with Crippen LogP contribution >= 0.6 is 11.6 Å². The Kier molecular flexibility index (Phi) is 7.84. The summed E-state index contributed by atoms with van der Waals surface area (Å²) in [5, 5.41) is 14.9. The first-order valence-electron chi connectivity index (χ1n) is 8.35. The molecule has 0 bridgehead atoms. The van der Waals surface area contributed by atoms with Crippen molar-refractivity contribution >= 4 is 17.5 Å². The van der Waals surface area contributed by atoms with Gasteiger partial charge in [-0.15, -0.1) is 5.10 Å². The Balaban J connectivity index is 2.06. The molecular formula is C17H24ClN5O2. The molecule has 1 amide bonds. The van der Waals surface area contributed by atoms with Crippen molar-refractivity contribution in [3.8, 4) is 5.69 Å². The second-order valence-corrected chi connectivity index (χ2v) is 5.96. The van der Waals surface area contributed by atoms with Gasteiger partial charge in [0.05, 0.1) is 18.0 Å². The molecule has 0 spiro atoms. The number of nitrogens with zero attached hydrogens (tertiary/aromatic N) is 3. The van der Waals surface area contributed by atoms with Gasteiger partial charge >= 0.3 is 0 Å². The van der Waals surface area contributed by atoms with E-state index in [1.54, 1.807) is 23.9 Å². The number of carbonyl (C=O) groups excluding carboxylic acids is 1. The molecule has 0 aliphatic carbocycles. The van der Waals surface area contributed by atoms with Crippen molar-refractivity contribution < 1.29 is 9.53 Å². The summed E-state index contributed by atoms with van der Waals surface area (Å²) in [5.74, 6) is -0.217. The third kappa shape index (κ3) is 5.52. The van der Waals surface area contributed by atoms with Gasteiger partial charge < -0.3 is 15.4 Å². The molecule has 136 valence electrons. The zero-order chi connectivity index (χ0) is 18.1. The largest absolute Gasteiger partial charge is 0.383 e. The Morgan fingerprint density at radius 3 is 2.88 bits per heavy atom. The van der Waals surface area contributed by atoms with Crippen molar-refractivity contribution in [3.63, 3.8) is 0 Å². The Labute approximate surface area is 152 Å². The Bertz CT molecular complexity index is 689. The summed E-state index contributed by atoms with van der Waals surface area (Å²) in [5.41, 5.74) is 1.94. The predicted molar refractivity (Wildman–Crippen MR) is 97.4 cm³/mol. The van der Waals surface area contributed by atoms with E-state index >= 15 is 0 Å². The molecule has 1 aromatic heterocycles. The lowest BCUT2D eigenvalue weighted by atomic mass is 10.2. The van der Waals surface area contributed by atoms with Crippen LogP contribution in [-0.4, -0.2) is 54.3 Å². The summed E-state index contributed by atoms with van der Waals surface area (Å²) in [7, 11) is 1.65. The molecule has 0 aliphatic heterocycles. The molecule has 0 fully saturated rings. The van der Waals surface area contributed by atoms with Crippen molar-refractivity contribution in [2.45, 2.75) is 19.8 Å². The number of ether oxygens (including phenoxy) is 1. The number of aromatic nitrogens is 3. The standard InChI is InChI=1S/C17H24ClN5O2/c1-3-5-15-16(17(24)20-9-8-19-10-11-25-2)21-22-23(15)14-7-4-6-13(18)12-14/h4,6-7,12,19H,3,5,8-11H2,1-2H3,(H,20,24). The summed E-state index contributed by atoms with van der Waals surface area (Å²) >= 11 is 6.06. The van der Waals surface area contributed by atoms with Gasteiger partial charge in [0.1, 0.15) is 0 Å². The van der Waals surface area contributed by atoms with Crippen molar-refractivity contribution in [2.75, 3.05) is 33.4 Å². The van der Waals surface area contributed by atoms with E-state index < -0.39 is 0 Å². The molecule has 2 aromatic rings. The number of hydrogen-bond donors (Lipinski definition) is 2. The summed E-state index contributed by atoms with van der Waals surface area (Å²) in [6.07, 6.45) is 1.58. The smallest absolute Gasteiger partial charge is 0.273 e. The van der Waals surface area contributed by atoms with Gasteiger partial charge in [-0.05, 0) is 24.6 Å². The van der Waals surface area contributed by atoms with Gasteiger partial charge in [-0.25, -0.2) is 4.68 Å². The van der Waals surface area contributed by atoms with Crippen molar-refractivity contribution in [1.29, 1.82) is 0 Å². The first-order valence-corrected chi connectivity index (χ1v) is 8.73. The molecule has 0 saturated heterocycles. The van der Waals surface area contributed by atoms with Crippen molar-refractivity contribution in [1.82, 2.24) is 25.6 Å². The normalized spacial score (nSPS) is 10.8. The van der Waals surface area contributed by atoms with Crippen LogP contribution in [0.2, 0.25) is 5.02 Å². The highest BCUT2D eigenvalue weighted by molar-refractivity contribution is 6.30. The quantitative estimate of drug-likeness (QED) is 0.628. The lowest BCUT2D eigenvalue weighted by Gasteiger charge is -2.08. The monoisotopic (exact) mass is 365 g/mol. The minimum absolute atomic E-state index is 0.217. The maximum atomic E-state index is 12.4. The minimum Gasteiger partial charge on any atom is -0.383 e. The third-order valence-electron chi connectivity index (χ3n) is 3.59. The molecule has 1 heterocycles. The second-order valence-electron chi connectivity index (χ2n) is 5.53.